The minimum absolute atomic E-state index is 0.0232. The lowest BCUT2D eigenvalue weighted by atomic mass is 10.0. The standard InChI is InChI=1S/C16H21NO3/c1-19-15-6-7-20-10-14(15)17-16(18)13-8-11-4-2-3-5-12(11)9-13/h2-5,13-15H,6-10H2,1H3,(H,17,18)/t14-,15-/m0/s1. The molecule has 3 rings (SSSR count). The molecule has 1 N–H and O–H groups in total. The monoisotopic (exact) mass is 275 g/mol. The number of rotatable bonds is 3. The van der Waals surface area contributed by atoms with Gasteiger partial charge >= 0.3 is 0 Å². The molecule has 4 nitrogen and oxygen atoms in total. The molecule has 1 aliphatic heterocycles. The van der Waals surface area contributed by atoms with Crippen LogP contribution in [0.3, 0.4) is 0 Å². The van der Waals surface area contributed by atoms with Crippen LogP contribution in [0, 0.1) is 5.92 Å². The smallest absolute Gasteiger partial charge is 0.224 e. The van der Waals surface area contributed by atoms with Gasteiger partial charge in [-0.25, -0.2) is 0 Å². The van der Waals surface area contributed by atoms with Crippen molar-refractivity contribution in [1.29, 1.82) is 0 Å². The number of methoxy groups -OCH3 is 1. The molecule has 4 heteroatoms. The molecular formula is C16H21NO3. The third kappa shape index (κ3) is 2.72. The Kier molecular flexibility index (Phi) is 4.03. The summed E-state index contributed by atoms with van der Waals surface area (Å²) in [4.78, 5) is 12.4. The van der Waals surface area contributed by atoms with Crippen LogP contribution in [-0.4, -0.2) is 38.4 Å². The number of amides is 1. The summed E-state index contributed by atoms with van der Waals surface area (Å²) in [5, 5.41) is 3.11. The van der Waals surface area contributed by atoms with Crippen LogP contribution in [0.2, 0.25) is 0 Å². The van der Waals surface area contributed by atoms with Crippen molar-refractivity contribution in [2.24, 2.45) is 5.92 Å². The Hall–Kier alpha value is -1.39. The summed E-state index contributed by atoms with van der Waals surface area (Å²) in [6, 6.07) is 8.28. The van der Waals surface area contributed by atoms with Crippen molar-refractivity contribution in [2.45, 2.75) is 31.4 Å². The van der Waals surface area contributed by atoms with E-state index in [9.17, 15) is 4.79 Å². The molecule has 108 valence electrons. The molecule has 1 fully saturated rings. The third-order valence-corrected chi connectivity index (χ3v) is 4.35. The molecule has 2 aliphatic rings. The first-order chi connectivity index (χ1) is 9.78. The summed E-state index contributed by atoms with van der Waals surface area (Å²) < 4.78 is 10.9. The van der Waals surface area contributed by atoms with Gasteiger partial charge in [0.1, 0.15) is 0 Å². The Labute approximate surface area is 119 Å². The molecule has 0 radical (unpaired) electrons. The predicted octanol–water partition coefficient (Wildman–Crippen LogP) is 1.32. The Balaban J connectivity index is 1.60. The summed E-state index contributed by atoms with van der Waals surface area (Å²) in [6.45, 7) is 1.25. The molecule has 0 unspecified atom stereocenters. The maximum absolute atomic E-state index is 12.4. The Morgan fingerprint density at radius 3 is 2.65 bits per heavy atom. The van der Waals surface area contributed by atoms with Crippen molar-refractivity contribution in [3.05, 3.63) is 35.4 Å². The summed E-state index contributed by atoms with van der Waals surface area (Å²) in [5.41, 5.74) is 2.60. The van der Waals surface area contributed by atoms with E-state index < -0.39 is 0 Å². The molecule has 2 atom stereocenters. The summed E-state index contributed by atoms with van der Waals surface area (Å²) >= 11 is 0. The lowest BCUT2D eigenvalue weighted by Crippen LogP contribution is -2.51. The normalized spacial score (nSPS) is 26.2. The van der Waals surface area contributed by atoms with Gasteiger partial charge in [0.2, 0.25) is 5.91 Å². The van der Waals surface area contributed by atoms with E-state index >= 15 is 0 Å². The zero-order chi connectivity index (χ0) is 13.9. The molecular weight excluding hydrogens is 254 g/mol. The maximum Gasteiger partial charge on any atom is 0.224 e. The minimum atomic E-state index is -0.0232. The number of fused-ring (bicyclic) bond motifs is 1. The van der Waals surface area contributed by atoms with Gasteiger partial charge in [-0.05, 0) is 30.4 Å². The van der Waals surface area contributed by atoms with Crippen LogP contribution in [0.4, 0.5) is 0 Å². The molecule has 20 heavy (non-hydrogen) atoms. The fourth-order valence-electron chi connectivity index (χ4n) is 3.18. The van der Waals surface area contributed by atoms with E-state index in [-0.39, 0.29) is 24.0 Å². The first-order valence-corrected chi connectivity index (χ1v) is 7.25. The SMILES string of the molecule is CO[C@H]1CCOC[C@@H]1NC(=O)C1Cc2ccccc2C1. The second-order valence-electron chi connectivity index (χ2n) is 5.63. The number of hydrogen-bond donors (Lipinski definition) is 1. The molecule has 1 amide bonds. The Morgan fingerprint density at radius 1 is 1.30 bits per heavy atom. The molecule has 1 heterocycles. The van der Waals surface area contributed by atoms with Crippen molar-refractivity contribution in [3.8, 4) is 0 Å². The largest absolute Gasteiger partial charge is 0.379 e. The molecule has 0 bridgehead atoms. The van der Waals surface area contributed by atoms with E-state index in [0.29, 0.717) is 13.2 Å². The van der Waals surface area contributed by atoms with Gasteiger partial charge in [-0.3, -0.25) is 4.79 Å². The molecule has 0 spiro atoms. The molecule has 1 aromatic rings. The van der Waals surface area contributed by atoms with Crippen molar-refractivity contribution < 1.29 is 14.3 Å². The van der Waals surface area contributed by atoms with E-state index in [1.54, 1.807) is 7.11 Å². The Bertz CT molecular complexity index is 463. The van der Waals surface area contributed by atoms with Crippen LogP contribution in [0.5, 0.6) is 0 Å². The average Bonchev–Trinajstić information content (AvgIpc) is 2.92. The quantitative estimate of drug-likeness (QED) is 0.905. The highest BCUT2D eigenvalue weighted by Crippen LogP contribution is 2.26. The lowest BCUT2D eigenvalue weighted by molar-refractivity contribution is -0.128. The van der Waals surface area contributed by atoms with E-state index in [4.69, 9.17) is 9.47 Å². The topological polar surface area (TPSA) is 47.6 Å². The summed E-state index contributed by atoms with van der Waals surface area (Å²) in [5.74, 6) is 0.172. The zero-order valence-electron chi connectivity index (χ0n) is 11.8. The van der Waals surface area contributed by atoms with Crippen LogP contribution in [-0.2, 0) is 27.1 Å². The van der Waals surface area contributed by atoms with Crippen molar-refractivity contribution in [3.63, 3.8) is 0 Å². The molecule has 0 aromatic heterocycles. The van der Waals surface area contributed by atoms with Gasteiger partial charge in [-0.2, -0.15) is 0 Å². The number of ether oxygens (including phenoxy) is 2. The molecule has 1 aromatic carbocycles. The van der Waals surface area contributed by atoms with Gasteiger partial charge in [-0.1, -0.05) is 24.3 Å². The number of carbonyl (C=O) groups is 1. The Morgan fingerprint density at radius 2 is 2.00 bits per heavy atom. The van der Waals surface area contributed by atoms with Crippen LogP contribution >= 0.6 is 0 Å². The predicted molar refractivity (Wildman–Crippen MR) is 75.5 cm³/mol. The summed E-state index contributed by atoms with van der Waals surface area (Å²) in [6.07, 6.45) is 2.59. The third-order valence-electron chi connectivity index (χ3n) is 4.35. The van der Waals surface area contributed by atoms with Crippen molar-refractivity contribution in [2.75, 3.05) is 20.3 Å². The highest BCUT2D eigenvalue weighted by atomic mass is 16.5. The first kappa shape index (κ1) is 13.6. The van der Waals surface area contributed by atoms with Crippen LogP contribution in [0.15, 0.2) is 24.3 Å². The van der Waals surface area contributed by atoms with E-state index in [2.05, 4.69) is 17.4 Å². The second kappa shape index (κ2) is 5.94. The number of hydrogen-bond acceptors (Lipinski definition) is 3. The lowest BCUT2D eigenvalue weighted by Gasteiger charge is -2.31. The zero-order valence-corrected chi connectivity index (χ0v) is 11.8. The molecule has 0 saturated carbocycles. The number of carbonyl (C=O) groups excluding carboxylic acids is 1. The van der Waals surface area contributed by atoms with Gasteiger partial charge in [-0.15, -0.1) is 0 Å². The van der Waals surface area contributed by atoms with E-state index in [1.165, 1.54) is 11.1 Å². The average molecular weight is 275 g/mol. The fourth-order valence-corrected chi connectivity index (χ4v) is 3.18. The van der Waals surface area contributed by atoms with Crippen LogP contribution in [0.25, 0.3) is 0 Å². The van der Waals surface area contributed by atoms with Crippen LogP contribution in [0.1, 0.15) is 17.5 Å². The first-order valence-electron chi connectivity index (χ1n) is 7.25. The number of nitrogens with one attached hydrogen (secondary N) is 1. The minimum Gasteiger partial charge on any atom is -0.379 e. The van der Waals surface area contributed by atoms with Crippen LogP contribution < -0.4 is 5.32 Å². The number of benzene rings is 1. The molecule has 1 aliphatic carbocycles. The maximum atomic E-state index is 12.4. The summed E-state index contributed by atoms with van der Waals surface area (Å²) in [7, 11) is 1.70. The van der Waals surface area contributed by atoms with Gasteiger partial charge in [0.25, 0.3) is 0 Å². The van der Waals surface area contributed by atoms with E-state index in [0.717, 1.165) is 19.3 Å². The van der Waals surface area contributed by atoms with Gasteiger partial charge in [0, 0.05) is 19.6 Å². The fraction of sp³-hybridized carbons (Fsp3) is 0.562. The molecule has 1 saturated heterocycles. The van der Waals surface area contributed by atoms with Gasteiger partial charge in [0.15, 0.2) is 0 Å². The van der Waals surface area contributed by atoms with Crippen molar-refractivity contribution >= 4 is 5.91 Å². The van der Waals surface area contributed by atoms with Crippen molar-refractivity contribution in [1.82, 2.24) is 5.32 Å². The highest BCUT2D eigenvalue weighted by molar-refractivity contribution is 5.80. The van der Waals surface area contributed by atoms with Gasteiger partial charge in [0.05, 0.1) is 18.8 Å². The van der Waals surface area contributed by atoms with Gasteiger partial charge < -0.3 is 14.8 Å². The highest BCUT2D eigenvalue weighted by Gasteiger charge is 2.32. The second-order valence-corrected chi connectivity index (χ2v) is 5.63. The van der Waals surface area contributed by atoms with E-state index in [1.807, 2.05) is 12.1 Å².